The van der Waals surface area contributed by atoms with Crippen molar-refractivity contribution < 1.29 is 13.6 Å². The van der Waals surface area contributed by atoms with Gasteiger partial charge in [0.2, 0.25) is 0 Å². The molecule has 0 unspecified atom stereocenters. The lowest BCUT2D eigenvalue weighted by Crippen LogP contribution is -2.28. The number of rotatable bonds is 18. The highest BCUT2D eigenvalue weighted by Crippen LogP contribution is 2.62. The molecule has 0 bridgehead atoms. The molecule has 0 aromatic heterocycles. The molecule has 0 atom stereocenters. The first-order chi connectivity index (χ1) is 46.4. The topological polar surface area (TPSA) is 27.7 Å². The van der Waals surface area contributed by atoms with Gasteiger partial charge in [0.25, 0.3) is 0 Å². The first-order valence-electron chi connectivity index (χ1n) is 40.3. The van der Waals surface area contributed by atoms with E-state index in [4.69, 9.17) is 13.6 Å². The lowest BCUT2D eigenvalue weighted by molar-refractivity contribution is 0.0913. The number of hydrogen-bond acceptors (Lipinski definition) is 3. The van der Waals surface area contributed by atoms with Crippen LogP contribution in [0.15, 0.2) is 72.8 Å². The minimum atomic E-state index is -2.50. The lowest BCUT2D eigenvalue weighted by atomic mass is 9.71. The number of aryl methyl sites for hydroxylation is 6. The summed E-state index contributed by atoms with van der Waals surface area (Å²) in [6, 6.07) is 30.6. The van der Waals surface area contributed by atoms with E-state index in [0.717, 1.165) is 38.5 Å². The van der Waals surface area contributed by atoms with Gasteiger partial charge in [0.05, 0.1) is 0 Å². The van der Waals surface area contributed by atoms with Crippen LogP contribution in [0.4, 0.5) is 0 Å². The van der Waals surface area contributed by atoms with Gasteiger partial charge in [-0.15, -0.1) is 0 Å². The van der Waals surface area contributed by atoms with Crippen molar-refractivity contribution in [2.24, 2.45) is 0 Å². The molecule has 0 fully saturated rings. The number of benzene rings is 6. The van der Waals surface area contributed by atoms with Crippen LogP contribution in [0.1, 0.15) is 443 Å². The highest BCUT2D eigenvalue weighted by Gasteiger charge is 2.45. The van der Waals surface area contributed by atoms with Gasteiger partial charge in [-0.3, -0.25) is 13.6 Å². The fourth-order valence-electron chi connectivity index (χ4n) is 15.3. The number of hydrogen-bond donors (Lipinski definition) is 0. The van der Waals surface area contributed by atoms with E-state index in [2.05, 4.69) is 364 Å². The van der Waals surface area contributed by atoms with Crippen LogP contribution in [0, 0.1) is 0 Å². The lowest BCUT2D eigenvalue weighted by Gasteiger charge is -2.41. The first kappa shape index (κ1) is 87.5. The van der Waals surface area contributed by atoms with Gasteiger partial charge in [0.1, 0.15) is 18.3 Å². The van der Waals surface area contributed by atoms with Crippen LogP contribution in [0.5, 0.6) is 0 Å². The molecule has 0 saturated carbocycles. The third-order valence-electron chi connectivity index (χ3n) is 22.1. The molecule has 572 valence electrons. The second kappa shape index (κ2) is 30.6. The minimum absolute atomic E-state index is 0.124. The molecule has 6 aromatic rings. The van der Waals surface area contributed by atoms with E-state index >= 15 is 0 Å². The van der Waals surface area contributed by atoms with E-state index < -0.39 is 26.9 Å². The minimum Gasteiger partial charge on any atom is -0.299 e. The smallest absolute Gasteiger partial charge is 0.299 e. The van der Waals surface area contributed by atoms with Crippen molar-refractivity contribution in [3.8, 4) is 0 Å². The van der Waals surface area contributed by atoms with Crippen molar-refractivity contribution in [3.05, 3.63) is 206 Å². The highest BCUT2D eigenvalue weighted by atomic mass is 31.2. The van der Waals surface area contributed by atoms with E-state index in [-0.39, 0.29) is 65.0 Å². The van der Waals surface area contributed by atoms with Crippen molar-refractivity contribution >= 4 is 8.60 Å². The molecule has 6 aromatic carbocycles. The van der Waals surface area contributed by atoms with Gasteiger partial charge < -0.3 is 0 Å². The van der Waals surface area contributed by atoms with Crippen molar-refractivity contribution in [1.82, 2.24) is 0 Å². The standard InChI is InChI=1S/C99H153O3P/c1-43-61-49-67(88(7,8)9)55-73(94(25,26)27)79(61)85(80-62(44-2)50-68(89(10,11)12)56-74(80)95(28,29)30)100-103(101-86(81-63(45-3)51-69(90(13,14)15)57-75(81)96(31,32)33)82-64(46-4)52-70(91(16,17)18)58-76(82)97(34,35)36)102-87(83-65(47-5)53-71(92(19,20)21)59-77(83)98(37,38)39)84-66(48-6)54-72(93(22,23)24)60-78(84)99(40,41)42/h49-60,85-87H,43-48H2,1-42H3. The molecular weight excluding hydrogens is 1270 g/mol. The van der Waals surface area contributed by atoms with Crippen LogP contribution in [-0.4, -0.2) is 0 Å². The third kappa shape index (κ3) is 19.9. The van der Waals surface area contributed by atoms with E-state index in [1.54, 1.807) is 0 Å². The molecule has 0 saturated heterocycles. The van der Waals surface area contributed by atoms with Crippen molar-refractivity contribution in [2.45, 2.75) is 413 Å². The average molecular weight is 1420 g/mol. The van der Waals surface area contributed by atoms with Crippen LogP contribution < -0.4 is 0 Å². The van der Waals surface area contributed by atoms with Crippen molar-refractivity contribution in [1.29, 1.82) is 0 Å². The normalized spacial score (nSPS) is 14.0. The molecule has 4 heteroatoms. The van der Waals surface area contributed by atoms with Gasteiger partial charge in [-0.1, -0.05) is 364 Å². The van der Waals surface area contributed by atoms with Crippen LogP contribution in [-0.2, 0) is 117 Å². The summed E-state index contributed by atoms with van der Waals surface area (Å²) in [6.45, 7) is 101. The van der Waals surface area contributed by atoms with E-state index in [1.807, 2.05) is 0 Å². The molecule has 0 N–H and O–H groups in total. The van der Waals surface area contributed by atoms with Gasteiger partial charge >= 0.3 is 8.60 Å². The summed E-state index contributed by atoms with van der Waals surface area (Å²) >= 11 is 0. The molecule has 0 heterocycles. The molecule has 103 heavy (non-hydrogen) atoms. The maximum atomic E-state index is 9.11. The summed E-state index contributed by atoms with van der Waals surface area (Å²) in [5.74, 6) is 0. The molecule has 0 aliphatic heterocycles. The maximum absolute atomic E-state index is 9.11. The Morgan fingerprint density at radius 1 is 0.194 bits per heavy atom. The van der Waals surface area contributed by atoms with Crippen LogP contribution in [0.2, 0.25) is 0 Å². The van der Waals surface area contributed by atoms with Gasteiger partial charge in [-0.05, 0) is 237 Å². The van der Waals surface area contributed by atoms with Crippen LogP contribution in [0.3, 0.4) is 0 Å². The maximum Gasteiger partial charge on any atom is 0.335 e. The quantitative estimate of drug-likeness (QED) is 0.0803. The highest BCUT2D eigenvalue weighted by molar-refractivity contribution is 7.41. The molecule has 3 nitrogen and oxygen atoms in total. The molecule has 6 rings (SSSR count). The van der Waals surface area contributed by atoms with Gasteiger partial charge in [-0.2, -0.15) is 0 Å². The zero-order valence-corrected chi connectivity index (χ0v) is 75.5. The fourth-order valence-corrected chi connectivity index (χ4v) is 16.6. The van der Waals surface area contributed by atoms with E-state index in [0.29, 0.717) is 0 Å². The molecular formula is C99H153O3P. The Morgan fingerprint density at radius 3 is 0.398 bits per heavy atom. The Morgan fingerprint density at radius 2 is 0.311 bits per heavy atom. The summed E-state index contributed by atoms with van der Waals surface area (Å²) in [6.07, 6.45) is 2.93. The second-order valence-electron chi connectivity index (χ2n) is 43.4. The summed E-state index contributed by atoms with van der Waals surface area (Å²) in [4.78, 5) is 0. The second-order valence-corrected chi connectivity index (χ2v) is 44.5. The summed E-state index contributed by atoms with van der Waals surface area (Å²) in [5.41, 5.74) is 28.4. The average Bonchev–Trinajstić information content (AvgIpc) is 0.742. The predicted octanol–water partition coefficient (Wildman–Crippen LogP) is 29.6. The fraction of sp³-hybridized carbons (Fsp3) is 0.636. The van der Waals surface area contributed by atoms with Crippen LogP contribution in [0.25, 0.3) is 0 Å². The zero-order valence-electron chi connectivity index (χ0n) is 74.6. The SMILES string of the molecule is CCc1cc(C(C)(C)C)cc(C(C)(C)C)c1C(OP(OC(c1c(CC)cc(C(C)(C)C)cc1C(C)(C)C)c1c(CC)cc(C(C)(C)C)cc1C(C)(C)C)OC(c1c(CC)cc(C(C)(C)C)cc1C(C)(C)C)c1c(CC)cc(C(C)(C)C)cc1C(C)(C)C)c1c(CC)cc(C(C)(C)C)cc1C(C)(C)C. The van der Waals surface area contributed by atoms with Crippen molar-refractivity contribution in [2.75, 3.05) is 0 Å². The third-order valence-corrected chi connectivity index (χ3v) is 23.2. The first-order valence-corrected chi connectivity index (χ1v) is 41.4. The Balaban J connectivity index is 2.16. The summed E-state index contributed by atoms with van der Waals surface area (Å²) in [7, 11) is -2.50. The Hall–Kier alpha value is -4.37. The predicted molar refractivity (Wildman–Crippen MR) is 455 cm³/mol. The van der Waals surface area contributed by atoms with Gasteiger partial charge in [-0.25, -0.2) is 0 Å². The molecule has 0 aliphatic rings. The molecule has 0 amide bonds. The monoisotopic (exact) mass is 1420 g/mol. The summed E-state index contributed by atoms with van der Waals surface area (Å²) in [5, 5.41) is 0. The largest absolute Gasteiger partial charge is 0.335 e. The van der Waals surface area contributed by atoms with Gasteiger partial charge in [0, 0.05) is 0 Å². The Kier molecular flexibility index (Phi) is 26.0. The molecule has 0 aliphatic carbocycles. The molecule has 0 spiro atoms. The van der Waals surface area contributed by atoms with Crippen molar-refractivity contribution in [3.63, 3.8) is 0 Å². The Bertz CT molecular complexity index is 3300. The van der Waals surface area contributed by atoms with E-state index in [1.165, 1.54) is 134 Å². The van der Waals surface area contributed by atoms with Crippen LogP contribution >= 0.6 is 8.60 Å². The zero-order chi connectivity index (χ0) is 79.0. The van der Waals surface area contributed by atoms with Gasteiger partial charge in [0.15, 0.2) is 0 Å². The summed E-state index contributed by atoms with van der Waals surface area (Å²) < 4.78 is 27.3. The Labute approximate surface area is 637 Å². The molecule has 0 radical (unpaired) electrons. The van der Waals surface area contributed by atoms with E-state index in [9.17, 15) is 0 Å².